The lowest BCUT2D eigenvalue weighted by Crippen LogP contribution is -2.17. The summed E-state index contributed by atoms with van der Waals surface area (Å²) in [5.41, 5.74) is 2.43. The van der Waals surface area contributed by atoms with Gasteiger partial charge in [-0.2, -0.15) is 5.10 Å². The quantitative estimate of drug-likeness (QED) is 0.674. The Balaban J connectivity index is 2.05. The van der Waals surface area contributed by atoms with E-state index in [0.29, 0.717) is 5.02 Å². The van der Waals surface area contributed by atoms with E-state index in [9.17, 15) is 9.90 Å². The number of hydrogen-bond donors (Lipinski definition) is 2. The molecule has 19 heavy (non-hydrogen) atoms. The molecule has 1 aromatic heterocycles. The average molecular weight is 295 g/mol. The molecular formula is C13H11ClN2O2S. The van der Waals surface area contributed by atoms with Crippen molar-refractivity contribution in [3.8, 4) is 5.75 Å². The summed E-state index contributed by atoms with van der Waals surface area (Å²) in [6, 6.07) is 8.13. The smallest absolute Gasteiger partial charge is 0.275 e. The lowest BCUT2D eigenvalue weighted by Gasteiger charge is -2.02. The van der Waals surface area contributed by atoms with Crippen LogP contribution in [0.4, 0.5) is 0 Å². The van der Waals surface area contributed by atoms with E-state index in [1.54, 1.807) is 17.6 Å². The predicted molar refractivity (Wildman–Crippen MR) is 77.2 cm³/mol. The molecule has 1 aromatic carbocycles. The topological polar surface area (TPSA) is 61.7 Å². The molecule has 0 bridgehead atoms. The van der Waals surface area contributed by atoms with E-state index in [1.165, 1.54) is 23.1 Å². The number of benzene rings is 1. The highest BCUT2D eigenvalue weighted by molar-refractivity contribution is 7.13. The van der Waals surface area contributed by atoms with Gasteiger partial charge >= 0.3 is 0 Å². The molecular weight excluding hydrogens is 284 g/mol. The van der Waals surface area contributed by atoms with Crippen molar-refractivity contribution in [2.75, 3.05) is 0 Å². The zero-order valence-corrected chi connectivity index (χ0v) is 11.6. The van der Waals surface area contributed by atoms with Crippen LogP contribution in [0.2, 0.25) is 5.02 Å². The third kappa shape index (κ3) is 3.56. The Bertz CT molecular complexity index is 637. The Morgan fingerprint density at radius 2 is 2.21 bits per heavy atom. The maximum atomic E-state index is 11.8. The highest BCUT2D eigenvalue weighted by atomic mass is 35.5. The molecule has 0 aliphatic carbocycles. The number of halogens is 1. The maximum absolute atomic E-state index is 11.8. The summed E-state index contributed by atoms with van der Waals surface area (Å²) in [4.78, 5) is 13.9. The molecule has 0 spiro atoms. The average Bonchev–Trinajstić information content (AvgIpc) is 2.78. The molecule has 2 aromatic rings. The van der Waals surface area contributed by atoms with Gasteiger partial charge in [-0.15, -0.1) is 11.3 Å². The molecule has 2 rings (SSSR count). The number of aromatic hydroxyl groups is 1. The number of hydrazone groups is 1. The Labute approximate surface area is 119 Å². The van der Waals surface area contributed by atoms with Crippen molar-refractivity contribution in [2.24, 2.45) is 5.10 Å². The number of carbonyl (C=O) groups is 1. The number of aryl methyl sites for hydroxylation is 1. The van der Waals surface area contributed by atoms with Crippen molar-refractivity contribution in [2.45, 2.75) is 6.92 Å². The summed E-state index contributed by atoms with van der Waals surface area (Å²) in [5.74, 6) is -0.645. The molecule has 4 nitrogen and oxygen atoms in total. The second-order valence-corrected chi connectivity index (χ2v) is 5.56. The monoisotopic (exact) mass is 294 g/mol. The lowest BCUT2D eigenvalue weighted by atomic mass is 10.2. The van der Waals surface area contributed by atoms with E-state index in [4.69, 9.17) is 11.6 Å². The Morgan fingerprint density at radius 3 is 2.89 bits per heavy atom. The van der Waals surface area contributed by atoms with E-state index in [0.717, 1.165) is 4.88 Å². The maximum Gasteiger partial charge on any atom is 0.275 e. The number of nitrogens with one attached hydrogen (secondary N) is 1. The van der Waals surface area contributed by atoms with Crippen LogP contribution < -0.4 is 5.43 Å². The first-order valence-electron chi connectivity index (χ1n) is 5.44. The number of hydrogen-bond acceptors (Lipinski definition) is 4. The molecule has 0 radical (unpaired) electrons. The fraction of sp³-hybridized carbons (Fsp3) is 0.0769. The van der Waals surface area contributed by atoms with Crippen LogP contribution in [0.25, 0.3) is 0 Å². The minimum Gasteiger partial charge on any atom is -0.507 e. The van der Waals surface area contributed by atoms with Crippen molar-refractivity contribution < 1.29 is 9.90 Å². The van der Waals surface area contributed by atoms with Crippen molar-refractivity contribution in [1.29, 1.82) is 0 Å². The molecule has 0 saturated carbocycles. The number of phenols is 1. The summed E-state index contributed by atoms with van der Waals surface area (Å²) >= 11 is 7.34. The number of amides is 1. The highest BCUT2D eigenvalue weighted by Crippen LogP contribution is 2.21. The molecule has 2 N–H and O–H groups in total. The first kappa shape index (κ1) is 13.6. The van der Waals surface area contributed by atoms with Gasteiger partial charge in [0.2, 0.25) is 0 Å². The van der Waals surface area contributed by atoms with E-state index in [1.807, 2.05) is 19.1 Å². The molecule has 1 amide bonds. The zero-order valence-electron chi connectivity index (χ0n) is 10.1. The molecule has 98 valence electrons. The van der Waals surface area contributed by atoms with Gasteiger partial charge in [-0.25, -0.2) is 5.43 Å². The number of phenolic OH excluding ortho intramolecular Hbond substituents is 1. The van der Waals surface area contributed by atoms with Crippen LogP contribution in [0.1, 0.15) is 20.1 Å². The fourth-order valence-corrected chi connectivity index (χ4v) is 2.35. The Hall–Kier alpha value is -1.85. The van der Waals surface area contributed by atoms with Crippen molar-refractivity contribution in [3.63, 3.8) is 0 Å². The van der Waals surface area contributed by atoms with Gasteiger partial charge < -0.3 is 5.11 Å². The second kappa shape index (κ2) is 5.86. The van der Waals surface area contributed by atoms with Gasteiger partial charge in [-0.1, -0.05) is 11.6 Å². The van der Waals surface area contributed by atoms with E-state index in [-0.39, 0.29) is 11.3 Å². The fourth-order valence-electron chi connectivity index (χ4n) is 1.43. The van der Waals surface area contributed by atoms with Crippen LogP contribution in [-0.2, 0) is 0 Å². The lowest BCUT2D eigenvalue weighted by molar-refractivity contribution is 0.0952. The molecule has 0 aliphatic rings. The first-order valence-corrected chi connectivity index (χ1v) is 6.64. The van der Waals surface area contributed by atoms with Crippen LogP contribution >= 0.6 is 22.9 Å². The summed E-state index contributed by atoms with van der Waals surface area (Å²) < 4.78 is 0. The zero-order chi connectivity index (χ0) is 13.8. The van der Waals surface area contributed by atoms with Crippen LogP contribution in [0.15, 0.2) is 35.4 Å². The standard InChI is InChI=1S/C13H11ClN2O2S/c1-8-2-4-10(19-8)7-15-16-13(18)11-6-9(14)3-5-12(11)17/h2-7,17H,1H3,(H,16,18)/b15-7+. The number of nitrogens with zero attached hydrogens (tertiary/aromatic N) is 1. The molecule has 1 heterocycles. The third-order valence-electron chi connectivity index (χ3n) is 2.32. The Kier molecular flexibility index (Phi) is 4.19. The molecule has 6 heteroatoms. The normalized spacial score (nSPS) is 10.8. The molecule has 0 unspecified atom stereocenters. The Morgan fingerprint density at radius 1 is 1.42 bits per heavy atom. The van der Waals surface area contributed by atoms with Gasteiger partial charge in [0.15, 0.2) is 0 Å². The summed E-state index contributed by atoms with van der Waals surface area (Å²) in [6.45, 7) is 1.99. The highest BCUT2D eigenvalue weighted by Gasteiger charge is 2.10. The SMILES string of the molecule is Cc1ccc(/C=N/NC(=O)c2cc(Cl)ccc2O)s1. The minimum absolute atomic E-state index is 0.0898. The van der Waals surface area contributed by atoms with E-state index >= 15 is 0 Å². The molecule has 0 atom stereocenters. The number of rotatable bonds is 3. The van der Waals surface area contributed by atoms with Gasteiger partial charge in [-0.05, 0) is 37.3 Å². The predicted octanol–water partition coefficient (Wildman–Crippen LogP) is 3.18. The number of carbonyl (C=O) groups excluding carboxylic acids is 1. The van der Waals surface area contributed by atoms with E-state index < -0.39 is 5.91 Å². The van der Waals surface area contributed by atoms with Crippen LogP contribution in [0.5, 0.6) is 5.75 Å². The van der Waals surface area contributed by atoms with Gasteiger partial charge in [0.05, 0.1) is 11.8 Å². The largest absolute Gasteiger partial charge is 0.507 e. The van der Waals surface area contributed by atoms with Crippen LogP contribution in [-0.4, -0.2) is 17.2 Å². The van der Waals surface area contributed by atoms with Crippen molar-refractivity contribution >= 4 is 35.1 Å². The van der Waals surface area contributed by atoms with Gasteiger partial charge in [0.1, 0.15) is 5.75 Å². The third-order valence-corrected chi connectivity index (χ3v) is 3.49. The van der Waals surface area contributed by atoms with Crippen LogP contribution in [0, 0.1) is 6.92 Å². The summed E-state index contributed by atoms with van der Waals surface area (Å²) in [6.07, 6.45) is 1.55. The van der Waals surface area contributed by atoms with Gasteiger partial charge in [0, 0.05) is 14.8 Å². The first-order chi connectivity index (χ1) is 9.06. The second-order valence-electron chi connectivity index (χ2n) is 3.81. The van der Waals surface area contributed by atoms with Gasteiger partial charge in [-0.3, -0.25) is 4.79 Å². The summed E-state index contributed by atoms with van der Waals surface area (Å²) in [5, 5.41) is 13.8. The van der Waals surface area contributed by atoms with Crippen LogP contribution in [0.3, 0.4) is 0 Å². The van der Waals surface area contributed by atoms with Gasteiger partial charge in [0.25, 0.3) is 5.91 Å². The van der Waals surface area contributed by atoms with Crippen molar-refractivity contribution in [3.05, 3.63) is 50.7 Å². The summed E-state index contributed by atoms with van der Waals surface area (Å²) in [7, 11) is 0. The molecule has 0 fully saturated rings. The van der Waals surface area contributed by atoms with E-state index in [2.05, 4.69) is 10.5 Å². The molecule has 0 aliphatic heterocycles. The molecule has 0 saturated heterocycles. The minimum atomic E-state index is -0.510. The van der Waals surface area contributed by atoms with Crippen molar-refractivity contribution in [1.82, 2.24) is 5.43 Å². The number of thiophene rings is 1.